The highest BCUT2D eigenvalue weighted by Crippen LogP contribution is 2.40. The Morgan fingerprint density at radius 2 is 1.90 bits per heavy atom. The van der Waals surface area contributed by atoms with Crippen LogP contribution in [0.25, 0.3) is 0 Å². The normalized spacial score (nSPS) is 32.7. The van der Waals surface area contributed by atoms with E-state index in [0.29, 0.717) is 0 Å². The fourth-order valence-corrected chi connectivity index (χ4v) is 2.44. The molecule has 1 atom stereocenters. The van der Waals surface area contributed by atoms with E-state index < -0.39 is 0 Å². The molecule has 0 amide bonds. The van der Waals surface area contributed by atoms with Crippen LogP contribution in [-0.2, 0) is 0 Å². The molecule has 56 valence electrons. The first-order valence-corrected chi connectivity index (χ1v) is 4.58. The van der Waals surface area contributed by atoms with E-state index in [9.17, 15) is 0 Å². The minimum atomic E-state index is 0.940. The Balaban J connectivity index is 2.20. The average Bonchev–Trinajstić information content (AvgIpc) is 2.34. The summed E-state index contributed by atoms with van der Waals surface area (Å²) in [5.74, 6) is 0.940. The first-order valence-electron chi connectivity index (χ1n) is 4.58. The lowest BCUT2D eigenvalue weighted by molar-refractivity contribution is 0.614. The van der Waals surface area contributed by atoms with Crippen molar-refractivity contribution in [1.29, 1.82) is 0 Å². The third-order valence-electron chi connectivity index (χ3n) is 3.10. The van der Waals surface area contributed by atoms with Gasteiger partial charge < -0.3 is 0 Å². The largest absolute Gasteiger partial charge is 0.0707 e. The van der Waals surface area contributed by atoms with Gasteiger partial charge in [0.25, 0.3) is 0 Å². The molecule has 0 heterocycles. The zero-order valence-corrected chi connectivity index (χ0v) is 6.82. The van der Waals surface area contributed by atoms with Gasteiger partial charge in [-0.25, -0.2) is 0 Å². The standard InChI is InChI=1S/C10H16/c1-8-6-7-9-4-2-3-5-10(8)9/h8H,2-7H2,1H3. The second-order valence-electron chi connectivity index (χ2n) is 3.78. The fraction of sp³-hybridized carbons (Fsp3) is 0.800. The molecule has 1 unspecified atom stereocenters. The molecule has 2 rings (SSSR count). The van der Waals surface area contributed by atoms with Gasteiger partial charge in [0.2, 0.25) is 0 Å². The monoisotopic (exact) mass is 136 g/mol. The lowest BCUT2D eigenvalue weighted by atomic mass is 9.90. The van der Waals surface area contributed by atoms with Gasteiger partial charge in [0.05, 0.1) is 0 Å². The summed E-state index contributed by atoms with van der Waals surface area (Å²) in [6.45, 7) is 2.40. The lowest BCUT2D eigenvalue weighted by Crippen LogP contribution is -1.98. The first-order chi connectivity index (χ1) is 4.88. The topological polar surface area (TPSA) is 0 Å². The summed E-state index contributed by atoms with van der Waals surface area (Å²) >= 11 is 0. The maximum Gasteiger partial charge on any atom is -0.0226 e. The molecule has 0 radical (unpaired) electrons. The van der Waals surface area contributed by atoms with Gasteiger partial charge in [-0.05, 0) is 44.4 Å². The number of hydrogen-bond donors (Lipinski definition) is 0. The van der Waals surface area contributed by atoms with Crippen molar-refractivity contribution in [3.63, 3.8) is 0 Å². The molecule has 0 nitrogen and oxygen atoms in total. The van der Waals surface area contributed by atoms with Gasteiger partial charge in [0.1, 0.15) is 0 Å². The predicted octanol–water partition coefficient (Wildman–Crippen LogP) is 3.29. The van der Waals surface area contributed by atoms with Crippen LogP contribution in [0.3, 0.4) is 0 Å². The summed E-state index contributed by atoms with van der Waals surface area (Å²) < 4.78 is 0. The smallest absolute Gasteiger partial charge is 0.0226 e. The molecule has 0 aliphatic heterocycles. The first kappa shape index (κ1) is 6.45. The molecular weight excluding hydrogens is 120 g/mol. The summed E-state index contributed by atoms with van der Waals surface area (Å²) in [4.78, 5) is 0. The fourth-order valence-electron chi connectivity index (χ4n) is 2.44. The van der Waals surface area contributed by atoms with E-state index in [1.807, 2.05) is 11.1 Å². The molecule has 0 aromatic carbocycles. The Labute approximate surface area is 63.3 Å². The number of rotatable bonds is 0. The minimum Gasteiger partial charge on any atom is -0.0707 e. The van der Waals surface area contributed by atoms with Crippen LogP contribution in [0.1, 0.15) is 45.4 Å². The van der Waals surface area contributed by atoms with Crippen LogP contribution in [-0.4, -0.2) is 0 Å². The summed E-state index contributed by atoms with van der Waals surface area (Å²) in [5, 5.41) is 0. The molecule has 0 saturated carbocycles. The summed E-state index contributed by atoms with van der Waals surface area (Å²) in [6.07, 6.45) is 8.66. The molecule has 0 N–H and O–H groups in total. The summed E-state index contributed by atoms with van der Waals surface area (Å²) in [6, 6.07) is 0. The Morgan fingerprint density at radius 3 is 2.70 bits per heavy atom. The molecule has 0 heteroatoms. The van der Waals surface area contributed by atoms with Crippen LogP contribution < -0.4 is 0 Å². The molecule has 0 fully saturated rings. The third kappa shape index (κ3) is 0.902. The highest BCUT2D eigenvalue weighted by molar-refractivity contribution is 5.24. The van der Waals surface area contributed by atoms with Crippen LogP contribution in [0.15, 0.2) is 11.1 Å². The van der Waals surface area contributed by atoms with Crippen molar-refractivity contribution in [2.24, 2.45) is 5.92 Å². The quantitative estimate of drug-likeness (QED) is 0.448. The van der Waals surface area contributed by atoms with Crippen molar-refractivity contribution in [3.8, 4) is 0 Å². The van der Waals surface area contributed by atoms with Gasteiger partial charge in [0, 0.05) is 0 Å². The SMILES string of the molecule is CC1CCC2=C1CCCC2. The van der Waals surface area contributed by atoms with Gasteiger partial charge >= 0.3 is 0 Å². The molecule has 0 saturated heterocycles. The maximum atomic E-state index is 2.40. The molecule has 0 spiro atoms. The molecular formula is C10H16. The van der Waals surface area contributed by atoms with E-state index in [1.165, 1.54) is 38.5 Å². The highest BCUT2D eigenvalue weighted by atomic mass is 14.3. The number of allylic oxidation sites excluding steroid dienone is 2. The summed E-state index contributed by atoms with van der Waals surface area (Å²) in [5.41, 5.74) is 3.67. The zero-order valence-electron chi connectivity index (χ0n) is 6.82. The Bertz CT molecular complexity index is 165. The van der Waals surface area contributed by atoms with Crippen LogP contribution in [0, 0.1) is 5.92 Å². The van der Waals surface area contributed by atoms with E-state index in [1.54, 1.807) is 0 Å². The highest BCUT2D eigenvalue weighted by Gasteiger charge is 2.23. The Hall–Kier alpha value is -0.260. The minimum absolute atomic E-state index is 0.940. The second kappa shape index (κ2) is 2.41. The zero-order chi connectivity index (χ0) is 6.97. The van der Waals surface area contributed by atoms with Gasteiger partial charge in [-0.1, -0.05) is 18.1 Å². The molecule has 0 aromatic heterocycles. The predicted molar refractivity (Wildman–Crippen MR) is 43.9 cm³/mol. The van der Waals surface area contributed by atoms with E-state index in [2.05, 4.69) is 6.92 Å². The maximum absolute atomic E-state index is 2.40. The Kier molecular flexibility index (Phi) is 1.55. The van der Waals surface area contributed by atoms with Gasteiger partial charge in [-0.2, -0.15) is 0 Å². The lowest BCUT2D eigenvalue weighted by Gasteiger charge is -2.16. The van der Waals surface area contributed by atoms with Crippen molar-refractivity contribution in [2.75, 3.05) is 0 Å². The summed E-state index contributed by atoms with van der Waals surface area (Å²) in [7, 11) is 0. The van der Waals surface area contributed by atoms with Crippen molar-refractivity contribution in [1.82, 2.24) is 0 Å². The molecule has 0 aromatic rings. The van der Waals surface area contributed by atoms with Crippen molar-refractivity contribution in [2.45, 2.75) is 45.4 Å². The van der Waals surface area contributed by atoms with Crippen LogP contribution in [0.5, 0.6) is 0 Å². The van der Waals surface area contributed by atoms with Crippen LogP contribution in [0.4, 0.5) is 0 Å². The molecule has 10 heavy (non-hydrogen) atoms. The van der Waals surface area contributed by atoms with Gasteiger partial charge in [0.15, 0.2) is 0 Å². The molecule has 2 aliphatic rings. The van der Waals surface area contributed by atoms with Crippen LogP contribution in [0.2, 0.25) is 0 Å². The molecule has 2 aliphatic carbocycles. The van der Waals surface area contributed by atoms with E-state index in [-0.39, 0.29) is 0 Å². The van der Waals surface area contributed by atoms with Crippen molar-refractivity contribution < 1.29 is 0 Å². The van der Waals surface area contributed by atoms with E-state index in [0.717, 1.165) is 5.92 Å². The van der Waals surface area contributed by atoms with Crippen molar-refractivity contribution >= 4 is 0 Å². The van der Waals surface area contributed by atoms with E-state index >= 15 is 0 Å². The molecule has 0 bridgehead atoms. The van der Waals surface area contributed by atoms with Gasteiger partial charge in [-0.15, -0.1) is 0 Å². The van der Waals surface area contributed by atoms with Crippen molar-refractivity contribution in [3.05, 3.63) is 11.1 Å². The van der Waals surface area contributed by atoms with E-state index in [4.69, 9.17) is 0 Å². The third-order valence-corrected chi connectivity index (χ3v) is 3.10. The van der Waals surface area contributed by atoms with Gasteiger partial charge in [-0.3, -0.25) is 0 Å². The average molecular weight is 136 g/mol. The van der Waals surface area contributed by atoms with Crippen LogP contribution >= 0.6 is 0 Å². The second-order valence-corrected chi connectivity index (χ2v) is 3.78. The number of hydrogen-bond acceptors (Lipinski definition) is 0. The Morgan fingerprint density at radius 1 is 1.10 bits per heavy atom.